The predicted molar refractivity (Wildman–Crippen MR) is 112 cm³/mol. The van der Waals surface area contributed by atoms with Gasteiger partial charge in [0.25, 0.3) is 0 Å². The predicted octanol–water partition coefficient (Wildman–Crippen LogP) is 1.15. The number of morpholine rings is 1. The number of anilines is 2. The summed E-state index contributed by atoms with van der Waals surface area (Å²) in [6, 6.07) is 2.46. The van der Waals surface area contributed by atoms with Crippen LogP contribution in [0.15, 0.2) is 12.4 Å². The lowest BCUT2D eigenvalue weighted by Crippen LogP contribution is -2.54. The average molecular weight is 393 g/mol. The van der Waals surface area contributed by atoms with Gasteiger partial charge < -0.3 is 24.6 Å². The Kier molecular flexibility index (Phi) is 7.09. The van der Waals surface area contributed by atoms with Gasteiger partial charge in [-0.05, 0) is 34.4 Å². The third-order valence-electron chi connectivity index (χ3n) is 5.74. The number of nitrogens with zero attached hydrogens (tertiary/aromatic N) is 5. The molecule has 0 aliphatic carbocycles. The van der Waals surface area contributed by atoms with Crippen LogP contribution in [0, 0.1) is 0 Å². The van der Waals surface area contributed by atoms with E-state index in [1.807, 2.05) is 0 Å². The second kappa shape index (κ2) is 9.35. The first kappa shape index (κ1) is 21.2. The Morgan fingerprint density at radius 3 is 2.89 bits per heavy atom. The average Bonchev–Trinajstić information content (AvgIpc) is 3.05. The summed E-state index contributed by atoms with van der Waals surface area (Å²) in [5, 5.41) is 3.47. The van der Waals surface area contributed by atoms with Crippen molar-refractivity contribution in [1.29, 1.82) is 0 Å². The molecule has 2 fully saturated rings. The van der Waals surface area contributed by atoms with Gasteiger partial charge in [0.1, 0.15) is 18.0 Å². The monoisotopic (exact) mass is 392 g/mol. The highest BCUT2D eigenvalue weighted by atomic mass is 16.5. The maximum atomic E-state index is 5.62. The molecule has 158 valence electrons. The Bertz CT molecular complexity index is 626. The van der Waals surface area contributed by atoms with Crippen LogP contribution in [0.1, 0.15) is 20.3 Å². The third kappa shape index (κ3) is 5.31. The van der Waals surface area contributed by atoms with Gasteiger partial charge in [0.2, 0.25) is 0 Å². The second-order valence-corrected chi connectivity index (χ2v) is 8.70. The minimum absolute atomic E-state index is 0.0842. The van der Waals surface area contributed by atoms with E-state index < -0.39 is 0 Å². The van der Waals surface area contributed by atoms with Crippen LogP contribution in [0.5, 0.6) is 0 Å². The molecule has 1 N–H and O–H groups in total. The zero-order valence-corrected chi connectivity index (χ0v) is 18.0. The van der Waals surface area contributed by atoms with Crippen molar-refractivity contribution in [3.05, 3.63) is 12.4 Å². The molecule has 2 aliphatic rings. The summed E-state index contributed by atoms with van der Waals surface area (Å²) in [4.78, 5) is 16.0. The number of aromatic nitrogens is 2. The summed E-state index contributed by atoms with van der Waals surface area (Å²) in [6.07, 6.45) is 2.93. The molecule has 0 spiro atoms. The lowest BCUT2D eigenvalue weighted by Gasteiger charge is -2.42. The lowest BCUT2D eigenvalue weighted by molar-refractivity contribution is -0.0487. The van der Waals surface area contributed by atoms with Crippen molar-refractivity contribution in [3.63, 3.8) is 0 Å². The van der Waals surface area contributed by atoms with E-state index in [0.717, 1.165) is 64.0 Å². The van der Waals surface area contributed by atoms with Crippen LogP contribution < -0.4 is 10.2 Å². The molecule has 2 atom stereocenters. The summed E-state index contributed by atoms with van der Waals surface area (Å²) >= 11 is 0. The first-order chi connectivity index (χ1) is 13.4. The molecule has 3 rings (SSSR count). The van der Waals surface area contributed by atoms with Crippen molar-refractivity contribution in [1.82, 2.24) is 19.8 Å². The fourth-order valence-corrected chi connectivity index (χ4v) is 4.14. The summed E-state index contributed by atoms with van der Waals surface area (Å²) in [5.41, 5.74) is 0.0842. The summed E-state index contributed by atoms with van der Waals surface area (Å²) < 4.78 is 11.2. The van der Waals surface area contributed by atoms with Crippen LogP contribution in [0.3, 0.4) is 0 Å². The van der Waals surface area contributed by atoms with Gasteiger partial charge in [-0.15, -0.1) is 0 Å². The number of nitrogens with one attached hydrogen (secondary N) is 1. The highest BCUT2D eigenvalue weighted by Crippen LogP contribution is 2.27. The van der Waals surface area contributed by atoms with Gasteiger partial charge in [-0.25, -0.2) is 9.97 Å². The molecule has 8 nitrogen and oxygen atoms in total. The molecular weight excluding hydrogens is 356 g/mol. The Labute approximate surface area is 169 Å². The van der Waals surface area contributed by atoms with Gasteiger partial charge in [-0.1, -0.05) is 0 Å². The van der Waals surface area contributed by atoms with E-state index in [4.69, 9.17) is 9.47 Å². The van der Waals surface area contributed by atoms with Gasteiger partial charge in [0, 0.05) is 57.5 Å². The van der Waals surface area contributed by atoms with Crippen LogP contribution >= 0.6 is 0 Å². The summed E-state index contributed by atoms with van der Waals surface area (Å²) in [6.45, 7) is 10.7. The number of hydrogen-bond acceptors (Lipinski definition) is 8. The second-order valence-electron chi connectivity index (χ2n) is 8.70. The fourth-order valence-electron chi connectivity index (χ4n) is 4.14. The molecule has 2 saturated heterocycles. The topological polar surface area (TPSA) is 66.0 Å². The lowest BCUT2D eigenvalue weighted by atomic mass is 10.0. The zero-order valence-electron chi connectivity index (χ0n) is 18.0. The minimum Gasteiger partial charge on any atom is -0.380 e. The van der Waals surface area contributed by atoms with E-state index in [9.17, 15) is 0 Å². The smallest absolute Gasteiger partial charge is 0.134 e. The van der Waals surface area contributed by atoms with Crippen LogP contribution in [-0.2, 0) is 9.47 Å². The summed E-state index contributed by atoms with van der Waals surface area (Å²) in [5.74, 6) is 1.84. The quantitative estimate of drug-likeness (QED) is 0.707. The normalized spacial score (nSPS) is 25.4. The highest BCUT2D eigenvalue weighted by molar-refractivity contribution is 5.50. The largest absolute Gasteiger partial charge is 0.380 e. The van der Waals surface area contributed by atoms with E-state index in [1.165, 1.54) is 0 Å². The van der Waals surface area contributed by atoms with Crippen LogP contribution in [0.2, 0.25) is 0 Å². The maximum Gasteiger partial charge on any atom is 0.134 e. The Morgan fingerprint density at radius 2 is 2.18 bits per heavy atom. The van der Waals surface area contributed by atoms with Gasteiger partial charge in [0.05, 0.1) is 19.3 Å². The molecule has 0 aromatic carbocycles. The Morgan fingerprint density at radius 1 is 1.36 bits per heavy atom. The molecular formula is C20H36N6O2. The highest BCUT2D eigenvalue weighted by Gasteiger charge is 2.33. The molecule has 1 aromatic heterocycles. The molecule has 0 amide bonds. The van der Waals surface area contributed by atoms with Gasteiger partial charge in [0.15, 0.2) is 0 Å². The van der Waals surface area contributed by atoms with Crippen molar-refractivity contribution >= 4 is 11.6 Å². The molecule has 3 heterocycles. The first-order valence-electron chi connectivity index (χ1n) is 10.2. The molecule has 0 bridgehead atoms. The van der Waals surface area contributed by atoms with Gasteiger partial charge in [-0.2, -0.15) is 0 Å². The van der Waals surface area contributed by atoms with Gasteiger partial charge >= 0.3 is 0 Å². The number of hydrogen-bond donors (Lipinski definition) is 1. The zero-order chi connectivity index (χ0) is 20.1. The van der Waals surface area contributed by atoms with E-state index in [0.29, 0.717) is 6.04 Å². The van der Waals surface area contributed by atoms with Crippen LogP contribution in [-0.4, -0.2) is 105 Å². The Hall–Kier alpha value is -1.48. The van der Waals surface area contributed by atoms with E-state index in [-0.39, 0.29) is 11.6 Å². The van der Waals surface area contributed by atoms with Crippen molar-refractivity contribution < 1.29 is 9.47 Å². The third-order valence-corrected chi connectivity index (χ3v) is 5.74. The van der Waals surface area contributed by atoms with Crippen LogP contribution in [0.4, 0.5) is 11.6 Å². The number of methoxy groups -OCH3 is 1. The van der Waals surface area contributed by atoms with Crippen molar-refractivity contribution in [2.75, 3.05) is 77.4 Å². The van der Waals surface area contributed by atoms with E-state index >= 15 is 0 Å². The fraction of sp³-hybridized carbons (Fsp3) is 0.800. The minimum atomic E-state index is 0.0842. The van der Waals surface area contributed by atoms with E-state index in [2.05, 4.69) is 64.0 Å². The van der Waals surface area contributed by atoms with Gasteiger partial charge in [-0.3, -0.25) is 4.90 Å². The van der Waals surface area contributed by atoms with E-state index in [1.54, 1.807) is 13.4 Å². The maximum absolute atomic E-state index is 5.62. The van der Waals surface area contributed by atoms with Crippen molar-refractivity contribution in [2.24, 2.45) is 0 Å². The SMILES string of the molecule is CO[C@H]1C[C@@H](CN(C)C)N(c2cc(NCCN3CCOCC3(C)C)ncn2)C1. The van der Waals surface area contributed by atoms with Crippen molar-refractivity contribution in [3.8, 4) is 0 Å². The Balaban J connectivity index is 1.60. The molecule has 0 radical (unpaired) electrons. The number of likely N-dealkylation sites (N-methyl/N-ethyl adjacent to an activating group) is 1. The standard InChI is InChI=1S/C20H36N6O2/c1-20(2)14-28-9-8-25(20)7-6-21-18-11-19(23-15-22-18)26-13-17(27-5)10-16(26)12-24(3)4/h11,15-17H,6-10,12-14H2,1-5H3,(H,21,22,23)/t16-,17-/m0/s1. The first-order valence-corrected chi connectivity index (χ1v) is 10.2. The number of rotatable bonds is 8. The molecule has 0 unspecified atom stereocenters. The molecule has 1 aromatic rings. The molecule has 8 heteroatoms. The van der Waals surface area contributed by atoms with Crippen molar-refractivity contribution in [2.45, 2.75) is 38.0 Å². The molecule has 0 saturated carbocycles. The van der Waals surface area contributed by atoms with Crippen LogP contribution in [0.25, 0.3) is 0 Å². The molecule has 28 heavy (non-hydrogen) atoms. The summed E-state index contributed by atoms with van der Waals surface area (Å²) in [7, 11) is 6.01. The number of ether oxygens (including phenoxy) is 2. The molecule has 2 aliphatic heterocycles.